The van der Waals surface area contributed by atoms with Crippen LogP contribution in [0.2, 0.25) is 0 Å². The Morgan fingerprint density at radius 2 is 1.70 bits per heavy atom. The van der Waals surface area contributed by atoms with Gasteiger partial charge in [0.05, 0.1) is 12.8 Å². The van der Waals surface area contributed by atoms with Crippen molar-refractivity contribution in [2.45, 2.75) is 11.4 Å². The summed E-state index contributed by atoms with van der Waals surface area (Å²) in [6, 6.07) is 16.3. The smallest absolute Gasteiger partial charge is 0.279 e. The average Bonchev–Trinajstić information content (AvgIpc) is 2.70. The van der Waals surface area contributed by atoms with Gasteiger partial charge >= 0.3 is 0 Å². The lowest BCUT2D eigenvalue weighted by Gasteiger charge is -2.29. The zero-order chi connectivity index (χ0) is 19.1. The summed E-state index contributed by atoms with van der Waals surface area (Å²) >= 11 is 1.65. The van der Waals surface area contributed by atoms with Gasteiger partial charge in [-0.2, -0.15) is 0 Å². The summed E-state index contributed by atoms with van der Waals surface area (Å²) in [5.41, 5.74) is 2.25. The van der Waals surface area contributed by atoms with Crippen molar-refractivity contribution in [3.8, 4) is 5.75 Å². The van der Waals surface area contributed by atoms with Crippen LogP contribution in [0.5, 0.6) is 5.75 Å². The minimum atomic E-state index is 0.102. The minimum Gasteiger partial charge on any atom is -0.497 e. The Kier molecular flexibility index (Phi) is 7.15. The summed E-state index contributed by atoms with van der Waals surface area (Å²) in [4.78, 5) is 16.5. The predicted molar refractivity (Wildman–Crippen MR) is 110 cm³/mol. The molecule has 0 radical (unpaired) electrons. The van der Waals surface area contributed by atoms with E-state index in [-0.39, 0.29) is 5.91 Å². The van der Waals surface area contributed by atoms with Crippen molar-refractivity contribution < 1.29 is 19.3 Å². The third-order valence-corrected chi connectivity index (χ3v) is 5.86. The van der Waals surface area contributed by atoms with E-state index in [2.05, 4.69) is 17.4 Å². The standard InChI is InChI=1S/C21H27N3O2S/c1-26-18-9-7-17(8-10-18)15-23-11-13-24(14-12-23)16-21(25)22-19-5-3-4-6-20(19)27-2/h3-10H,11-16H2,1-2H3,(H,22,25)/p+2. The number of anilines is 1. The van der Waals surface area contributed by atoms with Gasteiger partial charge in [-0.3, -0.25) is 4.79 Å². The first-order valence-electron chi connectivity index (χ1n) is 9.41. The molecular formula is C21H29N3O2S+2. The fourth-order valence-corrected chi connectivity index (χ4v) is 4.07. The number of hydrogen-bond donors (Lipinski definition) is 3. The number of benzene rings is 2. The Hall–Kier alpha value is -2.02. The SMILES string of the molecule is COc1ccc(C[NH+]2CC[NH+](CC(=O)Nc3ccccc3SC)CC2)cc1. The van der Waals surface area contributed by atoms with E-state index in [9.17, 15) is 4.79 Å². The molecule has 0 spiro atoms. The maximum atomic E-state index is 12.4. The van der Waals surface area contributed by atoms with Crippen LogP contribution in [-0.2, 0) is 11.3 Å². The van der Waals surface area contributed by atoms with E-state index in [1.807, 2.05) is 42.7 Å². The van der Waals surface area contributed by atoms with Crippen molar-refractivity contribution in [2.75, 3.05) is 51.4 Å². The van der Waals surface area contributed by atoms with Gasteiger partial charge in [0.25, 0.3) is 5.91 Å². The number of thioether (sulfide) groups is 1. The molecule has 0 bridgehead atoms. The summed E-state index contributed by atoms with van der Waals surface area (Å²) in [7, 11) is 1.69. The highest BCUT2D eigenvalue weighted by molar-refractivity contribution is 7.98. The number of para-hydroxylation sites is 1. The molecule has 1 fully saturated rings. The molecular weight excluding hydrogens is 358 g/mol. The fourth-order valence-electron chi connectivity index (χ4n) is 3.51. The van der Waals surface area contributed by atoms with Gasteiger partial charge in [-0.05, 0) is 42.7 Å². The number of ether oxygens (including phenoxy) is 1. The number of quaternary nitrogens is 2. The van der Waals surface area contributed by atoms with Crippen LogP contribution in [-0.4, -0.2) is 52.0 Å². The predicted octanol–water partition coefficient (Wildman–Crippen LogP) is 0.339. The van der Waals surface area contributed by atoms with Crippen molar-refractivity contribution in [3.63, 3.8) is 0 Å². The molecule has 1 aliphatic rings. The normalized spacial score (nSPS) is 19.5. The highest BCUT2D eigenvalue weighted by Gasteiger charge is 2.25. The van der Waals surface area contributed by atoms with Gasteiger partial charge in [0.15, 0.2) is 6.54 Å². The number of amides is 1. The second kappa shape index (κ2) is 9.78. The van der Waals surface area contributed by atoms with E-state index in [1.165, 1.54) is 10.5 Å². The molecule has 5 nitrogen and oxygen atoms in total. The monoisotopic (exact) mass is 387 g/mol. The zero-order valence-electron chi connectivity index (χ0n) is 16.1. The number of piperazine rings is 1. The molecule has 0 unspecified atom stereocenters. The molecule has 0 aliphatic carbocycles. The largest absolute Gasteiger partial charge is 0.497 e. The topological polar surface area (TPSA) is 47.2 Å². The Morgan fingerprint density at radius 1 is 1.04 bits per heavy atom. The van der Waals surface area contributed by atoms with Gasteiger partial charge in [0.1, 0.15) is 38.5 Å². The molecule has 144 valence electrons. The molecule has 1 aliphatic heterocycles. The fraction of sp³-hybridized carbons (Fsp3) is 0.381. The van der Waals surface area contributed by atoms with E-state index < -0.39 is 0 Å². The van der Waals surface area contributed by atoms with Crippen molar-refractivity contribution in [1.82, 2.24) is 0 Å². The van der Waals surface area contributed by atoms with Gasteiger partial charge in [-0.15, -0.1) is 11.8 Å². The molecule has 2 aromatic carbocycles. The molecule has 1 saturated heterocycles. The molecule has 27 heavy (non-hydrogen) atoms. The number of carbonyl (C=O) groups excluding carboxylic acids is 1. The van der Waals surface area contributed by atoms with Crippen LogP contribution in [0.4, 0.5) is 5.69 Å². The third kappa shape index (κ3) is 5.73. The average molecular weight is 388 g/mol. The van der Waals surface area contributed by atoms with Gasteiger partial charge in [0, 0.05) is 10.5 Å². The van der Waals surface area contributed by atoms with Crippen molar-refractivity contribution in [2.24, 2.45) is 0 Å². The molecule has 1 heterocycles. The van der Waals surface area contributed by atoms with Gasteiger partial charge in [-0.1, -0.05) is 12.1 Å². The maximum Gasteiger partial charge on any atom is 0.279 e. The Labute approximate surface area is 165 Å². The van der Waals surface area contributed by atoms with E-state index in [1.54, 1.807) is 23.8 Å². The van der Waals surface area contributed by atoms with Gasteiger partial charge in [0.2, 0.25) is 0 Å². The summed E-state index contributed by atoms with van der Waals surface area (Å²) in [5.74, 6) is 1.00. The highest BCUT2D eigenvalue weighted by atomic mass is 32.2. The lowest BCUT2D eigenvalue weighted by molar-refractivity contribution is -1.02. The van der Waals surface area contributed by atoms with Crippen LogP contribution < -0.4 is 19.9 Å². The minimum absolute atomic E-state index is 0.102. The number of carbonyl (C=O) groups is 1. The van der Waals surface area contributed by atoms with Gasteiger partial charge < -0.3 is 19.9 Å². The van der Waals surface area contributed by atoms with E-state index in [4.69, 9.17) is 4.74 Å². The molecule has 3 N–H and O–H groups in total. The molecule has 0 atom stereocenters. The zero-order valence-corrected chi connectivity index (χ0v) is 16.9. The number of rotatable bonds is 7. The lowest BCUT2D eigenvalue weighted by Crippen LogP contribution is -3.28. The van der Waals surface area contributed by atoms with Crippen LogP contribution >= 0.6 is 11.8 Å². The second-order valence-corrected chi connectivity index (χ2v) is 7.80. The molecule has 3 rings (SSSR count). The first-order valence-corrected chi connectivity index (χ1v) is 10.6. The summed E-state index contributed by atoms with van der Waals surface area (Å²) in [5, 5.41) is 3.07. The van der Waals surface area contributed by atoms with Crippen LogP contribution in [0.3, 0.4) is 0 Å². The van der Waals surface area contributed by atoms with Crippen LogP contribution in [0, 0.1) is 0 Å². The first kappa shape index (κ1) is 19.7. The quantitative estimate of drug-likeness (QED) is 0.601. The molecule has 2 aromatic rings. The second-order valence-electron chi connectivity index (χ2n) is 6.95. The Balaban J connectivity index is 1.44. The number of hydrogen-bond acceptors (Lipinski definition) is 3. The first-order chi connectivity index (χ1) is 13.2. The van der Waals surface area contributed by atoms with Crippen molar-refractivity contribution in [1.29, 1.82) is 0 Å². The van der Waals surface area contributed by atoms with Crippen LogP contribution in [0.25, 0.3) is 0 Å². The lowest BCUT2D eigenvalue weighted by atomic mass is 10.2. The van der Waals surface area contributed by atoms with E-state index in [0.29, 0.717) is 6.54 Å². The maximum absolute atomic E-state index is 12.4. The number of methoxy groups -OCH3 is 1. The molecule has 0 saturated carbocycles. The van der Waals surface area contributed by atoms with Crippen LogP contribution in [0.1, 0.15) is 5.56 Å². The van der Waals surface area contributed by atoms with E-state index >= 15 is 0 Å². The van der Waals surface area contributed by atoms with E-state index in [0.717, 1.165) is 49.1 Å². The van der Waals surface area contributed by atoms with Crippen LogP contribution in [0.15, 0.2) is 53.4 Å². The summed E-state index contributed by atoms with van der Waals surface area (Å²) in [6.45, 7) is 5.82. The highest BCUT2D eigenvalue weighted by Crippen LogP contribution is 2.24. The molecule has 6 heteroatoms. The van der Waals surface area contributed by atoms with Gasteiger partial charge in [-0.25, -0.2) is 0 Å². The van der Waals surface area contributed by atoms with Crippen molar-refractivity contribution in [3.05, 3.63) is 54.1 Å². The van der Waals surface area contributed by atoms with Crippen molar-refractivity contribution >= 4 is 23.4 Å². The Morgan fingerprint density at radius 3 is 2.37 bits per heavy atom. The number of nitrogens with one attached hydrogen (secondary N) is 3. The molecule has 1 amide bonds. The summed E-state index contributed by atoms with van der Waals surface area (Å²) in [6.07, 6.45) is 2.03. The summed E-state index contributed by atoms with van der Waals surface area (Å²) < 4.78 is 5.22. The molecule has 0 aromatic heterocycles. The Bertz CT molecular complexity index is 743. The third-order valence-electron chi connectivity index (χ3n) is 5.07.